The minimum atomic E-state index is -4.16. The van der Waals surface area contributed by atoms with Crippen molar-refractivity contribution < 1.29 is 23.2 Å². The van der Waals surface area contributed by atoms with Gasteiger partial charge in [-0.15, -0.1) is 0 Å². The zero-order valence-electron chi connectivity index (χ0n) is 12.9. The van der Waals surface area contributed by atoms with Crippen LogP contribution in [0.15, 0.2) is 47.4 Å². The van der Waals surface area contributed by atoms with Crippen molar-refractivity contribution in [3.8, 4) is 0 Å². The molecule has 0 aliphatic carbocycles. The molecular weight excluding hydrogens is 407 g/mol. The molecule has 2 rings (SSSR count). The molecule has 0 spiro atoms. The Hall–Kier alpha value is -2.20. The highest BCUT2D eigenvalue weighted by molar-refractivity contribution is 7.89. The molecule has 0 radical (unpaired) electrons. The predicted molar refractivity (Wildman–Crippen MR) is 95.1 cm³/mol. The topological polar surface area (TPSA) is 127 Å². The molecule has 26 heavy (non-hydrogen) atoms. The van der Waals surface area contributed by atoms with E-state index in [1.165, 1.54) is 30.3 Å². The second-order valence-electron chi connectivity index (χ2n) is 5.16. The SMILES string of the molecule is O=C(O)C(CNS(=O)(=O)c1cccc([N+](=O)[O-])c1)c1ccc(Cl)cc1Cl. The Balaban J connectivity index is 2.27. The van der Waals surface area contributed by atoms with Gasteiger partial charge >= 0.3 is 5.97 Å². The monoisotopic (exact) mass is 418 g/mol. The highest BCUT2D eigenvalue weighted by Gasteiger charge is 2.26. The van der Waals surface area contributed by atoms with Gasteiger partial charge in [-0.25, -0.2) is 13.1 Å². The van der Waals surface area contributed by atoms with Crippen LogP contribution < -0.4 is 4.72 Å². The summed E-state index contributed by atoms with van der Waals surface area (Å²) in [6, 6.07) is 8.60. The average molecular weight is 419 g/mol. The smallest absolute Gasteiger partial charge is 0.312 e. The van der Waals surface area contributed by atoms with Crippen molar-refractivity contribution in [3.05, 3.63) is 68.2 Å². The summed E-state index contributed by atoms with van der Waals surface area (Å²) in [6.07, 6.45) is 0. The van der Waals surface area contributed by atoms with Gasteiger partial charge in [0.2, 0.25) is 10.0 Å². The number of hydrogen-bond acceptors (Lipinski definition) is 5. The van der Waals surface area contributed by atoms with Gasteiger partial charge < -0.3 is 5.11 Å². The highest BCUT2D eigenvalue weighted by Crippen LogP contribution is 2.28. The van der Waals surface area contributed by atoms with Gasteiger partial charge in [-0.1, -0.05) is 35.3 Å². The van der Waals surface area contributed by atoms with Crippen molar-refractivity contribution in [2.24, 2.45) is 0 Å². The molecule has 2 aromatic carbocycles. The van der Waals surface area contributed by atoms with Gasteiger partial charge in [0.25, 0.3) is 5.69 Å². The molecule has 11 heteroatoms. The van der Waals surface area contributed by atoms with Crippen LogP contribution in [0.25, 0.3) is 0 Å². The van der Waals surface area contributed by atoms with Crippen molar-refractivity contribution in [1.82, 2.24) is 4.72 Å². The van der Waals surface area contributed by atoms with E-state index in [2.05, 4.69) is 4.72 Å². The van der Waals surface area contributed by atoms with E-state index in [0.29, 0.717) is 5.02 Å². The quantitative estimate of drug-likeness (QED) is 0.525. The van der Waals surface area contributed by atoms with Crippen LogP contribution in [0.2, 0.25) is 10.0 Å². The third kappa shape index (κ3) is 4.70. The predicted octanol–water partition coefficient (Wildman–Crippen LogP) is 3.05. The third-order valence-electron chi connectivity index (χ3n) is 3.45. The normalized spacial score (nSPS) is 12.5. The summed E-state index contributed by atoms with van der Waals surface area (Å²) < 4.78 is 26.8. The molecular formula is C15H12Cl2N2O6S. The summed E-state index contributed by atoms with van der Waals surface area (Å²) in [5.41, 5.74) is -0.214. The molecule has 0 heterocycles. The first-order valence-electron chi connectivity index (χ1n) is 7.03. The molecule has 8 nitrogen and oxygen atoms in total. The molecule has 0 saturated carbocycles. The number of rotatable bonds is 7. The second-order valence-corrected chi connectivity index (χ2v) is 7.77. The number of aliphatic carboxylic acids is 1. The maximum atomic E-state index is 12.3. The number of nitrogens with one attached hydrogen (secondary N) is 1. The molecule has 1 unspecified atom stereocenters. The Morgan fingerprint density at radius 3 is 2.50 bits per heavy atom. The number of non-ortho nitro benzene ring substituents is 1. The van der Waals surface area contributed by atoms with E-state index in [-0.39, 0.29) is 15.5 Å². The van der Waals surface area contributed by atoms with E-state index in [1.54, 1.807) is 0 Å². The highest BCUT2D eigenvalue weighted by atomic mass is 35.5. The van der Waals surface area contributed by atoms with Crippen LogP contribution in [0, 0.1) is 10.1 Å². The van der Waals surface area contributed by atoms with Gasteiger partial charge in [-0.05, 0) is 23.8 Å². The van der Waals surface area contributed by atoms with Crippen LogP contribution in [0.1, 0.15) is 11.5 Å². The van der Waals surface area contributed by atoms with E-state index >= 15 is 0 Å². The van der Waals surface area contributed by atoms with Crippen molar-refractivity contribution in [2.75, 3.05) is 6.54 Å². The minimum absolute atomic E-state index is 0.0828. The van der Waals surface area contributed by atoms with Crippen LogP contribution in [0.4, 0.5) is 5.69 Å². The van der Waals surface area contributed by atoms with Crippen molar-refractivity contribution >= 4 is 44.9 Å². The van der Waals surface area contributed by atoms with E-state index in [1.807, 2.05) is 0 Å². The van der Waals surface area contributed by atoms with Gasteiger partial charge in [0.1, 0.15) is 0 Å². The lowest BCUT2D eigenvalue weighted by atomic mass is 9.99. The number of nitro groups is 1. The van der Waals surface area contributed by atoms with Crippen LogP contribution >= 0.6 is 23.2 Å². The zero-order valence-corrected chi connectivity index (χ0v) is 15.3. The second kappa shape index (κ2) is 8.00. The van der Waals surface area contributed by atoms with Crippen LogP contribution in [0.3, 0.4) is 0 Å². The Morgan fingerprint density at radius 2 is 1.92 bits per heavy atom. The first-order valence-corrected chi connectivity index (χ1v) is 9.27. The minimum Gasteiger partial charge on any atom is -0.481 e. The molecule has 2 N–H and O–H groups in total. The number of nitrogens with zero attached hydrogens (tertiary/aromatic N) is 1. The number of carbonyl (C=O) groups is 1. The van der Waals surface area contributed by atoms with Crippen LogP contribution in [0.5, 0.6) is 0 Å². The number of nitro benzene ring substituents is 1. The summed E-state index contributed by atoms with van der Waals surface area (Å²) in [4.78, 5) is 21.2. The van der Waals surface area contributed by atoms with Gasteiger partial charge in [-0.3, -0.25) is 14.9 Å². The molecule has 1 atom stereocenters. The Bertz CT molecular complexity index is 964. The molecule has 2 aromatic rings. The first-order chi connectivity index (χ1) is 12.1. The van der Waals surface area contributed by atoms with Gasteiger partial charge in [0, 0.05) is 28.7 Å². The Labute approximate surface area is 158 Å². The summed E-state index contributed by atoms with van der Waals surface area (Å²) in [5, 5.41) is 20.6. The Kier molecular flexibility index (Phi) is 6.19. The number of carboxylic acid groups (broad SMARTS) is 1. The summed E-state index contributed by atoms with van der Waals surface area (Å²) in [6.45, 7) is -0.498. The molecule has 0 aliphatic rings. The fourth-order valence-electron chi connectivity index (χ4n) is 2.16. The zero-order chi connectivity index (χ0) is 19.5. The van der Waals surface area contributed by atoms with E-state index < -0.39 is 39.1 Å². The maximum absolute atomic E-state index is 12.3. The largest absolute Gasteiger partial charge is 0.481 e. The number of benzene rings is 2. The molecule has 0 aliphatic heterocycles. The summed E-state index contributed by atoms with van der Waals surface area (Å²) in [7, 11) is -4.16. The van der Waals surface area contributed by atoms with Crippen molar-refractivity contribution in [1.29, 1.82) is 0 Å². The first kappa shape index (κ1) is 20.1. The molecule has 0 saturated heterocycles. The number of sulfonamides is 1. The van der Waals surface area contributed by atoms with Gasteiger partial charge in [0.05, 0.1) is 15.7 Å². The van der Waals surface area contributed by atoms with E-state index in [0.717, 1.165) is 12.1 Å². The number of hydrogen-bond donors (Lipinski definition) is 2. The number of halogens is 2. The lowest BCUT2D eigenvalue weighted by molar-refractivity contribution is -0.385. The standard InChI is InChI=1S/C15H12Cl2N2O6S/c16-9-4-5-12(14(17)6-9)13(15(20)21)8-18-26(24,25)11-3-1-2-10(7-11)19(22)23/h1-7,13,18H,8H2,(H,20,21). The third-order valence-corrected chi connectivity index (χ3v) is 5.44. The van der Waals surface area contributed by atoms with Gasteiger partial charge in [-0.2, -0.15) is 0 Å². The van der Waals surface area contributed by atoms with E-state index in [4.69, 9.17) is 23.2 Å². The van der Waals surface area contributed by atoms with E-state index in [9.17, 15) is 28.4 Å². The fourth-order valence-corrected chi connectivity index (χ4v) is 3.78. The maximum Gasteiger partial charge on any atom is 0.312 e. The fraction of sp³-hybridized carbons (Fsp3) is 0.133. The Morgan fingerprint density at radius 1 is 1.23 bits per heavy atom. The van der Waals surface area contributed by atoms with Crippen molar-refractivity contribution in [3.63, 3.8) is 0 Å². The van der Waals surface area contributed by atoms with Crippen LogP contribution in [-0.2, 0) is 14.8 Å². The summed E-state index contributed by atoms with van der Waals surface area (Å²) in [5.74, 6) is -2.57. The molecule has 0 aromatic heterocycles. The summed E-state index contributed by atoms with van der Waals surface area (Å²) >= 11 is 11.8. The van der Waals surface area contributed by atoms with Crippen molar-refractivity contribution in [2.45, 2.75) is 10.8 Å². The molecule has 0 bridgehead atoms. The van der Waals surface area contributed by atoms with Crippen LogP contribution in [-0.4, -0.2) is 31.0 Å². The molecule has 138 valence electrons. The average Bonchev–Trinajstić information content (AvgIpc) is 2.56. The number of carboxylic acids is 1. The molecule has 0 fully saturated rings. The lowest BCUT2D eigenvalue weighted by Gasteiger charge is -2.15. The lowest BCUT2D eigenvalue weighted by Crippen LogP contribution is -2.32. The van der Waals surface area contributed by atoms with Gasteiger partial charge in [0.15, 0.2) is 0 Å². The molecule has 0 amide bonds.